The van der Waals surface area contributed by atoms with Gasteiger partial charge in [-0.1, -0.05) is 31.2 Å². The van der Waals surface area contributed by atoms with E-state index < -0.39 is 0 Å². The van der Waals surface area contributed by atoms with E-state index in [0.29, 0.717) is 12.5 Å². The molecule has 1 saturated carbocycles. The lowest BCUT2D eigenvalue weighted by Crippen LogP contribution is -2.32. The Morgan fingerprint density at radius 3 is 2.31 bits per heavy atom. The molecule has 2 aromatic carbocycles. The Bertz CT molecular complexity index is 808. The Morgan fingerprint density at radius 2 is 1.72 bits per heavy atom. The third-order valence-corrected chi connectivity index (χ3v) is 6.43. The molecule has 4 heteroatoms. The van der Waals surface area contributed by atoms with Crippen molar-refractivity contribution in [2.45, 2.75) is 45.6 Å². The fourth-order valence-corrected chi connectivity index (χ4v) is 4.19. The molecule has 1 amide bonds. The number of anilines is 1. The molecule has 29 heavy (non-hydrogen) atoms. The van der Waals surface area contributed by atoms with Crippen molar-refractivity contribution < 1.29 is 9.53 Å². The summed E-state index contributed by atoms with van der Waals surface area (Å²) in [5.41, 5.74) is 3.86. The standard InChI is InChI=1S/C25H32N2O2/c1-18-15-23(18)17-29-25-9-7-24(8-10-25)27-13-11-22(12-14-27)21-5-3-20(4-6-21)16-26-19(2)28/h3-10,18,22-23H,11-17H2,1-2H3,(H,26,28). The Kier molecular flexibility index (Phi) is 6.08. The minimum Gasteiger partial charge on any atom is -0.493 e. The maximum Gasteiger partial charge on any atom is 0.217 e. The monoisotopic (exact) mass is 392 g/mol. The molecular weight excluding hydrogens is 360 g/mol. The van der Waals surface area contributed by atoms with Crippen LogP contribution in [0.4, 0.5) is 5.69 Å². The van der Waals surface area contributed by atoms with Crippen LogP contribution in [0.15, 0.2) is 48.5 Å². The number of carbonyl (C=O) groups is 1. The number of ether oxygens (including phenoxy) is 1. The van der Waals surface area contributed by atoms with Crippen LogP contribution >= 0.6 is 0 Å². The molecule has 4 rings (SSSR count). The van der Waals surface area contributed by atoms with E-state index in [1.807, 2.05) is 0 Å². The topological polar surface area (TPSA) is 41.6 Å². The van der Waals surface area contributed by atoms with Crippen LogP contribution in [0.3, 0.4) is 0 Å². The van der Waals surface area contributed by atoms with Gasteiger partial charge in [0.15, 0.2) is 0 Å². The van der Waals surface area contributed by atoms with E-state index in [-0.39, 0.29) is 5.91 Å². The maximum absolute atomic E-state index is 11.0. The van der Waals surface area contributed by atoms with Crippen LogP contribution in [0.5, 0.6) is 5.75 Å². The number of piperidine rings is 1. The molecule has 2 atom stereocenters. The molecule has 2 aromatic rings. The predicted molar refractivity (Wildman–Crippen MR) is 117 cm³/mol. The summed E-state index contributed by atoms with van der Waals surface area (Å²) < 4.78 is 5.92. The van der Waals surface area contributed by atoms with Gasteiger partial charge in [-0.3, -0.25) is 4.79 Å². The molecule has 4 nitrogen and oxygen atoms in total. The molecule has 0 radical (unpaired) electrons. The number of hydrogen-bond acceptors (Lipinski definition) is 3. The first-order valence-electron chi connectivity index (χ1n) is 10.9. The highest BCUT2D eigenvalue weighted by Gasteiger charge is 2.33. The second-order valence-electron chi connectivity index (χ2n) is 8.69. The first-order valence-corrected chi connectivity index (χ1v) is 10.9. The highest BCUT2D eigenvalue weighted by Crippen LogP contribution is 2.38. The van der Waals surface area contributed by atoms with Crippen molar-refractivity contribution in [1.29, 1.82) is 0 Å². The average Bonchev–Trinajstić information content (AvgIpc) is 3.47. The zero-order valence-corrected chi connectivity index (χ0v) is 17.6. The van der Waals surface area contributed by atoms with E-state index in [1.165, 1.54) is 30.5 Å². The summed E-state index contributed by atoms with van der Waals surface area (Å²) in [7, 11) is 0. The third kappa shape index (κ3) is 5.31. The van der Waals surface area contributed by atoms with Crippen LogP contribution in [0.1, 0.15) is 50.2 Å². The fraction of sp³-hybridized carbons (Fsp3) is 0.480. The van der Waals surface area contributed by atoms with Crippen molar-refractivity contribution >= 4 is 11.6 Å². The van der Waals surface area contributed by atoms with E-state index in [1.54, 1.807) is 6.92 Å². The quantitative estimate of drug-likeness (QED) is 0.740. The minimum absolute atomic E-state index is 0.0126. The molecule has 2 unspecified atom stereocenters. The van der Waals surface area contributed by atoms with Crippen molar-refractivity contribution in [2.75, 3.05) is 24.6 Å². The summed E-state index contributed by atoms with van der Waals surface area (Å²) in [5, 5.41) is 2.85. The molecular formula is C25H32N2O2. The summed E-state index contributed by atoms with van der Waals surface area (Å²) >= 11 is 0. The zero-order valence-electron chi connectivity index (χ0n) is 17.6. The highest BCUT2D eigenvalue weighted by atomic mass is 16.5. The van der Waals surface area contributed by atoms with Crippen molar-refractivity contribution in [2.24, 2.45) is 11.8 Å². The van der Waals surface area contributed by atoms with Gasteiger partial charge >= 0.3 is 0 Å². The first-order chi connectivity index (χ1) is 14.1. The molecule has 2 fully saturated rings. The second kappa shape index (κ2) is 8.89. The zero-order chi connectivity index (χ0) is 20.2. The van der Waals surface area contributed by atoms with Crippen molar-refractivity contribution in [1.82, 2.24) is 5.32 Å². The molecule has 154 valence electrons. The molecule has 1 aliphatic heterocycles. The predicted octanol–water partition coefficient (Wildman–Crippen LogP) is 4.74. The van der Waals surface area contributed by atoms with Gasteiger partial charge in [-0.25, -0.2) is 0 Å². The first kappa shape index (κ1) is 19.8. The lowest BCUT2D eigenvalue weighted by Gasteiger charge is -2.34. The number of amides is 1. The Balaban J connectivity index is 1.26. The van der Waals surface area contributed by atoms with Gasteiger partial charge < -0.3 is 15.0 Å². The lowest BCUT2D eigenvalue weighted by molar-refractivity contribution is -0.119. The van der Waals surface area contributed by atoms with Crippen molar-refractivity contribution in [3.8, 4) is 5.75 Å². The Hall–Kier alpha value is -2.49. The van der Waals surface area contributed by atoms with Gasteiger partial charge in [-0.05, 0) is 72.4 Å². The third-order valence-electron chi connectivity index (χ3n) is 6.43. The van der Waals surface area contributed by atoms with Crippen molar-refractivity contribution in [3.05, 3.63) is 59.7 Å². The van der Waals surface area contributed by atoms with E-state index in [0.717, 1.165) is 42.8 Å². The van der Waals surface area contributed by atoms with Gasteiger partial charge in [0.05, 0.1) is 6.61 Å². The summed E-state index contributed by atoms with van der Waals surface area (Å²) in [4.78, 5) is 13.5. The van der Waals surface area contributed by atoms with Crippen LogP contribution in [-0.4, -0.2) is 25.6 Å². The molecule has 1 N–H and O–H groups in total. The smallest absolute Gasteiger partial charge is 0.217 e. The van der Waals surface area contributed by atoms with Gasteiger partial charge in [0.25, 0.3) is 0 Å². The number of hydrogen-bond donors (Lipinski definition) is 1. The van der Waals surface area contributed by atoms with Crippen LogP contribution in [-0.2, 0) is 11.3 Å². The summed E-state index contributed by atoms with van der Waals surface area (Å²) in [5.74, 6) is 3.21. The van der Waals surface area contributed by atoms with Gasteiger partial charge in [0, 0.05) is 32.2 Å². The van der Waals surface area contributed by atoms with Crippen LogP contribution in [0.25, 0.3) is 0 Å². The molecule has 2 aliphatic rings. The van der Waals surface area contributed by atoms with E-state index in [4.69, 9.17) is 4.74 Å². The molecule has 0 spiro atoms. The number of nitrogens with zero attached hydrogens (tertiary/aromatic N) is 1. The number of nitrogens with one attached hydrogen (secondary N) is 1. The Morgan fingerprint density at radius 1 is 1.07 bits per heavy atom. The normalized spacial score (nSPS) is 21.7. The van der Waals surface area contributed by atoms with Crippen LogP contribution in [0, 0.1) is 11.8 Å². The van der Waals surface area contributed by atoms with E-state index in [9.17, 15) is 4.79 Å². The maximum atomic E-state index is 11.0. The second-order valence-corrected chi connectivity index (χ2v) is 8.69. The Labute approximate surface area is 174 Å². The average molecular weight is 393 g/mol. The van der Waals surface area contributed by atoms with E-state index >= 15 is 0 Å². The largest absolute Gasteiger partial charge is 0.493 e. The summed E-state index contributed by atoms with van der Waals surface area (Å²) in [6, 6.07) is 17.3. The summed E-state index contributed by atoms with van der Waals surface area (Å²) in [6.07, 6.45) is 3.65. The van der Waals surface area contributed by atoms with Crippen LogP contribution < -0.4 is 15.0 Å². The van der Waals surface area contributed by atoms with Crippen molar-refractivity contribution in [3.63, 3.8) is 0 Å². The van der Waals surface area contributed by atoms with Gasteiger partial charge in [0.1, 0.15) is 5.75 Å². The van der Waals surface area contributed by atoms with Gasteiger partial charge in [-0.2, -0.15) is 0 Å². The number of carbonyl (C=O) groups excluding carboxylic acids is 1. The summed E-state index contributed by atoms with van der Waals surface area (Å²) in [6.45, 7) is 7.47. The molecule has 1 saturated heterocycles. The van der Waals surface area contributed by atoms with Gasteiger partial charge in [0.2, 0.25) is 5.91 Å². The van der Waals surface area contributed by atoms with Gasteiger partial charge in [-0.15, -0.1) is 0 Å². The number of rotatable bonds is 7. The fourth-order valence-electron chi connectivity index (χ4n) is 4.19. The SMILES string of the molecule is CC(=O)NCc1ccc(C2CCN(c3ccc(OCC4CC4C)cc3)CC2)cc1. The number of benzene rings is 2. The molecule has 1 heterocycles. The highest BCUT2D eigenvalue weighted by molar-refractivity contribution is 5.72. The van der Waals surface area contributed by atoms with Crippen LogP contribution in [0.2, 0.25) is 0 Å². The lowest BCUT2D eigenvalue weighted by atomic mass is 9.89. The molecule has 1 aliphatic carbocycles. The van der Waals surface area contributed by atoms with E-state index in [2.05, 4.69) is 65.7 Å². The molecule has 0 aromatic heterocycles. The minimum atomic E-state index is 0.0126. The molecule has 0 bridgehead atoms.